The van der Waals surface area contributed by atoms with Gasteiger partial charge in [0.1, 0.15) is 5.04 Å². The predicted molar refractivity (Wildman–Crippen MR) is 146 cm³/mol. The zero-order chi connectivity index (χ0) is 24.7. The van der Waals surface area contributed by atoms with Crippen molar-refractivity contribution < 1.29 is 4.79 Å². The number of hydrazone groups is 1. The van der Waals surface area contributed by atoms with E-state index in [9.17, 15) is 4.79 Å². The number of amides is 1. The number of nitrogens with zero attached hydrogens (tertiary/aromatic N) is 4. The Labute approximate surface area is 211 Å². The van der Waals surface area contributed by atoms with Crippen LogP contribution in [0.25, 0.3) is 11.8 Å². The molecule has 0 bridgehead atoms. The number of benzene rings is 1. The van der Waals surface area contributed by atoms with E-state index in [1.807, 2.05) is 0 Å². The van der Waals surface area contributed by atoms with Gasteiger partial charge in [0.05, 0.1) is 11.3 Å². The molecule has 7 heteroatoms. The zero-order valence-electron chi connectivity index (χ0n) is 21.0. The third-order valence-corrected chi connectivity index (χ3v) is 8.39. The van der Waals surface area contributed by atoms with Crippen LogP contribution in [0.15, 0.2) is 39.9 Å². The molecule has 5 rings (SSSR count). The van der Waals surface area contributed by atoms with Crippen LogP contribution in [0.2, 0.25) is 0 Å². The molecule has 0 spiro atoms. The lowest BCUT2D eigenvalue weighted by atomic mass is 9.86. The number of carbonyl (C=O) groups excluding carboxylic acids is 1. The summed E-state index contributed by atoms with van der Waals surface area (Å²) in [4.78, 5) is 17.2. The highest BCUT2D eigenvalue weighted by Gasteiger charge is 2.36. The van der Waals surface area contributed by atoms with Crippen LogP contribution in [0, 0.1) is 39.0 Å². The van der Waals surface area contributed by atoms with Crippen LogP contribution in [0.5, 0.6) is 0 Å². The highest BCUT2D eigenvalue weighted by Crippen LogP contribution is 2.34. The second-order valence-electron chi connectivity index (χ2n) is 9.96. The van der Waals surface area contributed by atoms with Crippen LogP contribution in [-0.4, -0.2) is 31.5 Å². The second kappa shape index (κ2) is 9.61. The minimum absolute atomic E-state index is 0.108. The molecule has 1 fully saturated rings. The molecular formula is C28H33N5OS. The smallest absolute Gasteiger partial charge is 0.283 e. The fraction of sp³-hybridized carbons (Fsp3) is 0.429. The molecule has 3 heterocycles. The molecule has 6 nitrogen and oxygen atoms in total. The fourth-order valence-electron chi connectivity index (χ4n) is 5.53. The number of fused-ring (bicyclic) bond motifs is 1. The van der Waals surface area contributed by atoms with Gasteiger partial charge in [-0.2, -0.15) is 15.1 Å². The van der Waals surface area contributed by atoms with E-state index in [1.165, 1.54) is 60.7 Å². The molecular weight excluding hydrogens is 454 g/mol. The lowest BCUT2D eigenvalue weighted by Gasteiger charge is -2.20. The standard InChI is InChI=1S/C28H33N5OS/c1-17-9-8-10-18(2)25(17)32-19(3)15-22(20(32)4)16-23-26(29)33-28(30-27(23)34)35-24(31-33)14-13-21-11-6-5-7-12-21/h8-10,15-16,21,29H,5-7,11-14H2,1-4H3. The van der Waals surface area contributed by atoms with Crippen LogP contribution < -0.4 is 0 Å². The van der Waals surface area contributed by atoms with Crippen LogP contribution in [0.1, 0.15) is 73.0 Å². The summed E-state index contributed by atoms with van der Waals surface area (Å²) >= 11 is 1.44. The van der Waals surface area contributed by atoms with Crippen molar-refractivity contribution in [2.45, 2.75) is 72.6 Å². The van der Waals surface area contributed by atoms with Crippen molar-refractivity contribution in [2.24, 2.45) is 16.0 Å². The number of thioether (sulfide) groups is 1. The molecule has 3 aliphatic rings. The minimum atomic E-state index is -0.366. The van der Waals surface area contributed by atoms with Gasteiger partial charge in [0.15, 0.2) is 5.84 Å². The summed E-state index contributed by atoms with van der Waals surface area (Å²) in [6, 6.07) is 8.38. The molecule has 1 aromatic heterocycles. The minimum Gasteiger partial charge on any atom is -0.317 e. The number of para-hydroxylation sites is 1. The highest BCUT2D eigenvalue weighted by molar-refractivity contribution is 8.26. The Balaban J connectivity index is 1.40. The lowest BCUT2D eigenvalue weighted by molar-refractivity contribution is -0.114. The quantitative estimate of drug-likeness (QED) is 0.477. The number of rotatable bonds is 5. The van der Waals surface area contributed by atoms with Crippen molar-refractivity contribution in [2.75, 3.05) is 0 Å². The molecule has 0 atom stereocenters. The Morgan fingerprint density at radius 3 is 2.54 bits per heavy atom. The average Bonchev–Trinajstić information content (AvgIpc) is 3.36. The Kier molecular flexibility index (Phi) is 6.53. The average molecular weight is 488 g/mol. The first-order chi connectivity index (χ1) is 16.8. The van der Waals surface area contributed by atoms with Crippen molar-refractivity contribution in [3.05, 3.63) is 57.9 Å². The van der Waals surface area contributed by atoms with Gasteiger partial charge >= 0.3 is 0 Å². The third kappa shape index (κ3) is 4.54. The van der Waals surface area contributed by atoms with Gasteiger partial charge in [-0.05, 0) is 87.0 Å². The largest absolute Gasteiger partial charge is 0.317 e. The Hall–Kier alpha value is -2.93. The molecule has 0 unspecified atom stereocenters. The van der Waals surface area contributed by atoms with Crippen molar-refractivity contribution in [3.63, 3.8) is 0 Å². The molecule has 2 aromatic rings. The lowest BCUT2D eigenvalue weighted by Crippen LogP contribution is -2.35. The van der Waals surface area contributed by atoms with Crippen molar-refractivity contribution >= 4 is 39.8 Å². The van der Waals surface area contributed by atoms with E-state index in [2.05, 4.69) is 66.6 Å². The number of amidine groups is 2. The number of carbonyl (C=O) groups is 1. The van der Waals surface area contributed by atoms with Gasteiger partial charge in [-0.15, -0.1) is 0 Å². The fourth-order valence-corrected chi connectivity index (χ4v) is 6.43. The van der Waals surface area contributed by atoms with Crippen molar-refractivity contribution in [1.29, 1.82) is 5.41 Å². The maximum absolute atomic E-state index is 13.0. The summed E-state index contributed by atoms with van der Waals surface area (Å²) in [6.45, 7) is 8.37. The van der Waals surface area contributed by atoms with Crippen LogP contribution in [0.4, 0.5) is 0 Å². The first-order valence-electron chi connectivity index (χ1n) is 12.6. The van der Waals surface area contributed by atoms with E-state index in [0.717, 1.165) is 40.8 Å². The Morgan fingerprint density at radius 2 is 1.83 bits per heavy atom. The number of aromatic nitrogens is 1. The van der Waals surface area contributed by atoms with Gasteiger partial charge < -0.3 is 4.57 Å². The Bertz CT molecular complexity index is 1270. The van der Waals surface area contributed by atoms with Crippen LogP contribution >= 0.6 is 11.8 Å². The molecule has 1 saturated carbocycles. The number of hydrogen-bond donors (Lipinski definition) is 1. The molecule has 1 amide bonds. The molecule has 0 radical (unpaired) electrons. The summed E-state index contributed by atoms with van der Waals surface area (Å²) in [6.07, 6.45) is 10.5. The van der Waals surface area contributed by atoms with Gasteiger partial charge in [0, 0.05) is 11.4 Å². The van der Waals surface area contributed by atoms with E-state index in [4.69, 9.17) is 5.41 Å². The Morgan fingerprint density at radius 1 is 1.11 bits per heavy atom. The molecule has 35 heavy (non-hydrogen) atoms. The maximum Gasteiger partial charge on any atom is 0.283 e. The van der Waals surface area contributed by atoms with Crippen LogP contribution in [-0.2, 0) is 4.79 Å². The van der Waals surface area contributed by atoms with E-state index in [1.54, 1.807) is 11.1 Å². The number of aliphatic imine (C=N–C) groups is 1. The van der Waals surface area contributed by atoms with E-state index >= 15 is 0 Å². The number of nitrogens with one attached hydrogen (secondary N) is 1. The third-order valence-electron chi connectivity index (χ3n) is 7.42. The summed E-state index contributed by atoms with van der Waals surface area (Å²) < 4.78 is 2.23. The number of hydrogen-bond acceptors (Lipinski definition) is 4. The highest BCUT2D eigenvalue weighted by atomic mass is 32.2. The molecule has 1 N–H and O–H groups in total. The summed E-state index contributed by atoms with van der Waals surface area (Å²) in [5.74, 6) is 0.515. The van der Waals surface area contributed by atoms with Gasteiger partial charge in [0.25, 0.3) is 5.91 Å². The van der Waals surface area contributed by atoms with Gasteiger partial charge in [0.2, 0.25) is 5.17 Å². The second-order valence-corrected chi connectivity index (χ2v) is 11.0. The molecule has 182 valence electrons. The topological polar surface area (TPSA) is 73.8 Å². The first kappa shape index (κ1) is 23.8. The van der Waals surface area contributed by atoms with E-state index < -0.39 is 0 Å². The van der Waals surface area contributed by atoms with E-state index in [-0.39, 0.29) is 17.3 Å². The zero-order valence-corrected chi connectivity index (χ0v) is 21.8. The summed E-state index contributed by atoms with van der Waals surface area (Å²) in [7, 11) is 0. The number of aryl methyl sites for hydroxylation is 3. The van der Waals surface area contributed by atoms with Crippen LogP contribution in [0.3, 0.4) is 0 Å². The normalized spacial score (nSPS) is 19.9. The molecule has 2 aliphatic heterocycles. The van der Waals surface area contributed by atoms with Gasteiger partial charge in [-0.1, -0.05) is 50.3 Å². The van der Waals surface area contributed by atoms with Gasteiger partial charge in [-0.3, -0.25) is 10.2 Å². The maximum atomic E-state index is 13.0. The molecule has 1 aromatic carbocycles. The monoisotopic (exact) mass is 487 g/mol. The molecule has 0 saturated heterocycles. The SMILES string of the molecule is Cc1cccc(C)c1-n1c(C)cc(C=C2C(=N)N3N=C(CCC4CCCCC4)SC3=NC2=O)c1C. The first-order valence-corrected chi connectivity index (χ1v) is 13.4. The summed E-state index contributed by atoms with van der Waals surface area (Å²) in [5.41, 5.74) is 6.90. The van der Waals surface area contributed by atoms with Crippen molar-refractivity contribution in [3.8, 4) is 5.69 Å². The van der Waals surface area contributed by atoms with E-state index in [0.29, 0.717) is 5.17 Å². The molecule has 1 aliphatic carbocycles. The van der Waals surface area contributed by atoms with Crippen molar-refractivity contribution in [1.82, 2.24) is 9.58 Å². The summed E-state index contributed by atoms with van der Waals surface area (Å²) in [5, 5.41) is 16.5. The van der Waals surface area contributed by atoms with Gasteiger partial charge in [-0.25, -0.2) is 0 Å². The predicted octanol–water partition coefficient (Wildman–Crippen LogP) is 6.69.